The third-order valence-electron chi connectivity index (χ3n) is 2.69. The van der Waals surface area contributed by atoms with Crippen LogP contribution in [0, 0.1) is 13.8 Å². The second-order valence-corrected chi connectivity index (χ2v) is 6.17. The topological polar surface area (TPSA) is 72.6 Å². The van der Waals surface area contributed by atoms with Gasteiger partial charge in [-0.1, -0.05) is 0 Å². The maximum Gasteiger partial charge on any atom is 0.242 e. The zero-order valence-corrected chi connectivity index (χ0v) is 11.6. The molecule has 0 saturated heterocycles. The smallest absolute Gasteiger partial charge is 0.242 e. The zero-order chi connectivity index (χ0) is 13.4. The summed E-state index contributed by atoms with van der Waals surface area (Å²) in [7, 11) is 1.01. The Kier molecular flexibility index (Phi) is 3.68. The first-order valence-electron chi connectivity index (χ1n) is 5.09. The van der Waals surface area contributed by atoms with Gasteiger partial charge in [-0.05, 0) is 31.0 Å². The Hall–Kier alpha value is -1.27. The van der Waals surface area contributed by atoms with E-state index in [2.05, 4.69) is 0 Å². The summed E-state index contributed by atoms with van der Waals surface area (Å²) in [5, 5.41) is 0. The molecule has 17 heavy (non-hydrogen) atoms. The van der Waals surface area contributed by atoms with Crippen LogP contribution in [0.2, 0.25) is 0 Å². The average Bonchev–Trinajstić information content (AvgIpc) is 2.23. The van der Waals surface area contributed by atoms with E-state index in [4.69, 9.17) is 10.5 Å². The molecule has 0 radical (unpaired) electrons. The van der Waals surface area contributed by atoms with Crippen LogP contribution in [0.1, 0.15) is 11.1 Å². The number of rotatable bonds is 3. The Labute approximate surface area is 102 Å². The molecule has 0 aliphatic carbocycles. The summed E-state index contributed by atoms with van der Waals surface area (Å²) in [6.07, 6.45) is 0. The first-order chi connectivity index (χ1) is 7.73. The second-order valence-electron chi connectivity index (χ2n) is 4.05. The number of nitrogen functional groups attached to an aromatic ring is 1. The van der Waals surface area contributed by atoms with Crippen LogP contribution >= 0.6 is 0 Å². The van der Waals surface area contributed by atoms with Gasteiger partial charge < -0.3 is 10.5 Å². The van der Waals surface area contributed by atoms with Gasteiger partial charge in [-0.25, -0.2) is 12.7 Å². The van der Waals surface area contributed by atoms with Gasteiger partial charge in [0.1, 0.15) is 5.75 Å². The van der Waals surface area contributed by atoms with Crippen LogP contribution in [0.25, 0.3) is 0 Å². The van der Waals surface area contributed by atoms with Crippen molar-refractivity contribution in [3.63, 3.8) is 0 Å². The van der Waals surface area contributed by atoms with Crippen LogP contribution in [-0.4, -0.2) is 33.9 Å². The summed E-state index contributed by atoms with van der Waals surface area (Å²) >= 11 is 0. The van der Waals surface area contributed by atoms with E-state index in [1.165, 1.54) is 25.5 Å². The summed E-state index contributed by atoms with van der Waals surface area (Å²) in [5.74, 6) is 0.528. The fraction of sp³-hybridized carbons (Fsp3) is 0.455. The van der Waals surface area contributed by atoms with Gasteiger partial charge in [-0.2, -0.15) is 0 Å². The maximum atomic E-state index is 12.1. The molecule has 0 unspecified atom stereocenters. The Morgan fingerprint density at radius 2 is 1.82 bits per heavy atom. The molecule has 0 spiro atoms. The first kappa shape index (κ1) is 13.8. The zero-order valence-electron chi connectivity index (χ0n) is 10.7. The van der Waals surface area contributed by atoms with Gasteiger partial charge >= 0.3 is 0 Å². The predicted molar refractivity (Wildman–Crippen MR) is 67.8 cm³/mol. The van der Waals surface area contributed by atoms with Crippen LogP contribution in [0.15, 0.2) is 11.0 Å². The van der Waals surface area contributed by atoms with Crippen LogP contribution in [-0.2, 0) is 10.0 Å². The quantitative estimate of drug-likeness (QED) is 0.825. The number of sulfonamides is 1. The number of benzene rings is 1. The number of ether oxygens (including phenoxy) is 1. The minimum atomic E-state index is -3.48. The number of hydrogen-bond acceptors (Lipinski definition) is 4. The highest BCUT2D eigenvalue weighted by Crippen LogP contribution is 2.34. The van der Waals surface area contributed by atoms with Crippen molar-refractivity contribution in [2.45, 2.75) is 18.7 Å². The van der Waals surface area contributed by atoms with Gasteiger partial charge in [-0.3, -0.25) is 0 Å². The predicted octanol–water partition coefficient (Wildman–Crippen LogP) is 1.14. The molecule has 0 fully saturated rings. The van der Waals surface area contributed by atoms with Crippen molar-refractivity contribution >= 4 is 15.7 Å². The molecule has 0 bridgehead atoms. The molecule has 1 rings (SSSR count). The van der Waals surface area contributed by atoms with Crippen molar-refractivity contribution in [2.24, 2.45) is 0 Å². The summed E-state index contributed by atoms with van der Waals surface area (Å²) in [5.41, 5.74) is 7.47. The van der Waals surface area contributed by atoms with Crippen molar-refractivity contribution in [1.29, 1.82) is 0 Å². The Bertz CT molecular complexity index is 536. The van der Waals surface area contributed by atoms with E-state index >= 15 is 0 Å². The van der Waals surface area contributed by atoms with E-state index in [-0.39, 0.29) is 4.90 Å². The lowest BCUT2D eigenvalue weighted by molar-refractivity contribution is 0.413. The van der Waals surface area contributed by atoms with E-state index in [0.29, 0.717) is 22.6 Å². The number of aryl methyl sites for hydroxylation is 1. The Morgan fingerprint density at radius 1 is 1.29 bits per heavy atom. The normalized spacial score (nSPS) is 11.9. The lowest BCUT2D eigenvalue weighted by Crippen LogP contribution is -2.23. The van der Waals surface area contributed by atoms with Gasteiger partial charge in [0, 0.05) is 14.1 Å². The lowest BCUT2D eigenvalue weighted by Gasteiger charge is -2.18. The van der Waals surface area contributed by atoms with E-state index in [0.717, 1.165) is 0 Å². The molecule has 5 nitrogen and oxygen atoms in total. The molecule has 2 N–H and O–H groups in total. The van der Waals surface area contributed by atoms with E-state index in [1.807, 2.05) is 0 Å². The largest absolute Gasteiger partial charge is 0.494 e. The van der Waals surface area contributed by atoms with Crippen LogP contribution in [0.4, 0.5) is 5.69 Å². The standard InChI is InChI=1S/C11H18N2O3S/c1-7-6-9(17(14,15)13(3)4)8(2)10(12)11(7)16-5/h6H,12H2,1-5H3. The van der Waals surface area contributed by atoms with Gasteiger partial charge in [0.25, 0.3) is 0 Å². The number of nitrogens with zero attached hydrogens (tertiary/aromatic N) is 1. The van der Waals surface area contributed by atoms with Crippen molar-refractivity contribution in [2.75, 3.05) is 26.9 Å². The van der Waals surface area contributed by atoms with Gasteiger partial charge in [0.05, 0.1) is 17.7 Å². The SMILES string of the molecule is COc1c(C)cc(S(=O)(=O)N(C)C)c(C)c1N. The van der Waals surface area contributed by atoms with E-state index in [9.17, 15) is 8.42 Å². The van der Waals surface area contributed by atoms with Crippen LogP contribution < -0.4 is 10.5 Å². The molecule has 0 saturated carbocycles. The lowest BCUT2D eigenvalue weighted by atomic mass is 10.1. The molecule has 96 valence electrons. The first-order valence-corrected chi connectivity index (χ1v) is 6.53. The summed E-state index contributed by atoms with van der Waals surface area (Å²) in [6, 6.07) is 1.58. The van der Waals surface area contributed by atoms with Crippen molar-refractivity contribution < 1.29 is 13.2 Å². The molecule has 0 aromatic heterocycles. The summed E-state index contributed by atoms with van der Waals surface area (Å²) in [6.45, 7) is 3.44. The average molecular weight is 258 g/mol. The monoisotopic (exact) mass is 258 g/mol. The highest BCUT2D eigenvalue weighted by molar-refractivity contribution is 7.89. The van der Waals surface area contributed by atoms with Crippen LogP contribution in [0.3, 0.4) is 0 Å². The fourth-order valence-electron chi connectivity index (χ4n) is 1.62. The Morgan fingerprint density at radius 3 is 2.24 bits per heavy atom. The molecule has 0 aliphatic rings. The molecule has 1 aromatic carbocycles. The molecule has 0 amide bonds. The molecule has 1 aromatic rings. The van der Waals surface area contributed by atoms with Crippen molar-refractivity contribution in [3.8, 4) is 5.75 Å². The van der Waals surface area contributed by atoms with E-state index < -0.39 is 10.0 Å². The molecule has 0 aliphatic heterocycles. The summed E-state index contributed by atoms with van der Waals surface area (Å²) < 4.78 is 30.5. The van der Waals surface area contributed by atoms with Crippen molar-refractivity contribution in [1.82, 2.24) is 4.31 Å². The van der Waals surface area contributed by atoms with Gasteiger partial charge in [0.15, 0.2) is 0 Å². The fourth-order valence-corrected chi connectivity index (χ4v) is 2.84. The van der Waals surface area contributed by atoms with Gasteiger partial charge in [-0.15, -0.1) is 0 Å². The number of hydrogen-bond donors (Lipinski definition) is 1. The number of nitrogens with two attached hydrogens (primary N) is 1. The third-order valence-corrected chi connectivity index (χ3v) is 4.63. The summed E-state index contributed by atoms with van der Waals surface area (Å²) in [4.78, 5) is 0.221. The Balaban J connectivity index is 3.60. The van der Waals surface area contributed by atoms with Crippen LogP contribution in [0.5, 0.6) is 5.75 Å². The highest BCUT2D eigenvalue weighted by atomic mass is 32.2. The number of anilines is 1. The van der Waals surface area contributed by atoms with Gasteiger partial charge in [0.2, 0.25) is 10.0 Å². The minimum absolute atomic E-state index is 0.221. The minimum Gasteiger partial charge on any atom is -0.494 e. The second kappa shape index (κ2) is 4.54. The third kappa shape index (κ3) is 2.23. The van der Waals surface area contributed by atoms with Crippen molar-refractivity contribution in [3.05, 3.63) is 17.2 Å². The molecular formula is C11H18N2O3S. The highest BCUT2D eigenvalue weighted by Gasteiger charge is 2.23. The molecular weight excluding hydrogens is 240 g/mol. The molecule has 0 heterocycles. The number of methoxy groups -OCH3 is 1. The molecule has 6 heteroatoms. The van der Waals surface area contributed by atoms with E-state index in [1.54, 1.807) is 19.9 Å². The maximum absolute atomic E-state index is 12.1. The molecule has 0 atom stereocenters.